The van der Waals surface area contributed by atoms with E-state index in [1.54, 1.807) is 30.7 Å². The van der Waals surface area contributed by atoms with Crippen LogP contribution in [0, 0.1) is 5.92 Å². The fourth-order valence-electron chi connectivity index (χ4n) is 2.20. The van der Waals surface area contributed by atoms with Crippen LogP contribution in [0.15, 0.2) is 36.8 Å². The Morgan fingerprint density at radius 3 is 2.95 bits per heavy atom. The van der Waals surface area contributed by atoms with Crippen LogP contribution in [0.3, 0.4) is 0 Å². The van der Waals surface area contributed by atoms with Gasteiger partial charge in [-0.3, -0.25) is 9.78 Å². The van der Waals surface area contributed by atoms with Crippen LogP contribution in [0.2, 0.25) is 0 Å². The number of hydrogen-bond acceptors (Lipinski definition) is 3. The van der Waals surface area contributed by atoms with Gasteiger partial charge in [0.1, 0.15) is 5.82 Å². The number of amides is 1. The number of carbonyl (C=O) groups excluding carboxylic acids is 1. The van der Waals surface area contributed by atoms with Crippen LogP contribution in [0.4, 0.5) is 5.82 Å². The zero-order valence-corrected chi connectivity index (χ0v) is 10.8. The number of carbonyl (C=O) groups is 1. The third-order valence-corrected chi connectivity index (χ3v) is 3.53. The second-order valence-electron chi connectivity index (χ2n) is 4.93. The molecule has 1 amide bonds. The van der Waals surface area contributed by atoms with Crippen LogP contribution < -0.4 is 5.32 Å². The molecule has 1 N–H and O–H groups in total. The zero-order valence-electron chi connectivity index (χ0n) is 10.8. The maximum atomic E-state index is 12.1. The van der Waals surface area contributed by atoms with Crippen molar-refractivity contribution in [2.75, 3.05) is 5.32 Å². The highest BCUT2D eigenvalue weighted by Gasteiger charge is 2.30. The fraction of sp³-hybridized carbons (Fsp3) is 0.357. The summed E-state index contributed by atoms with van der Waals surface area (Å²) in [6.07, 6.45) is 7.42. The molecule has 1 aliphatic carbocycles. The van der Waals surface area contributed by atoms with E-state index in [2.05, 4.69) is 22.3 Å². The molecule has 2 heterocycles. The molecule has 3 rings (SSSR count). The fourth-order valence-corrected chi connectivity index (χ4v) is 2.20. The molecule has 0 bridgehead atoms. The van der Waals surface area contributed by atoms with Gasteiger partial charge in [0, 0.05) is 18.5 Å². The van der Waals surface area contributed by atoms with E-state index in [4.69, 9.17) is 0 Å². The van der Waals surface area contributed by atoms with Crippen molar-refractivity contribution in [2.24, 2.45) is 5.92 Å². The monoisotopic (exact) mass is 256 g/mol. The van der Waals surface area contributed by atoms with Crippen molar-refractivity contribution in [1.82, 2.24) is 14.8 Å². The maximum absolute atomic E-state index is 12.1. The van der Waals surface area contributed by atoms with Crippen LogP contribution in [-0.2, 0) is 0 Å². The van der Waals surface area contributed by atoms with Gasteiger partial charge in [-0.1, -0.05) is 0 Å². The summed E-state index contributed by atoms with van der Waals surface area (Å²) < 4.78 is 1.89. The van der Waals surface area contributed by atoms with Gasteiger partial charge < -0.3 is 5.32 Å². The highest BCUT2D eigenvalue weighted by molar-refractivity contribution is 6.03. The van der Waals surface area contributed by atoms with Gasteiger partial charge in [-0.25, -0.2) is 4.68 Å². The smallest absolute Gasteiger partial charge is 0.258 e. The number of anilines is 1. The lowest BCUT2D eigenvalue weighted by Crippen LogP contribution is -2.18. The average molecular weight is 256 g/mol. The summed E-state index contributed by atoms with van der Waals surface area (Å²) in [5.74, 6) is 1.28. The minimum Gasteiger partial charge on any atom is -0.307 e. The SMILES string of the molecule is CC(C1CC1)n1nccc1NC(=O)c1cccnc1. The van der Waals surface area contributed by atoms with Gasteiger partial charge >= 0.3 is 0 Å². The van der Waals surface area contributed by atoms with E-state index in [9.17, 15) is 4.79 Å². The Morgan fingerprint density at radius 1 is 1.42 bits per heavy atom. The first-order chi connectivity index (χ1) is 9.25. The maximum Gasteiger partial charge on any atom is 0.258 e. The Bertz CT molecular complexity index is 574. The summed E-state index contributed by atoms with van der Waals surface area (Å²) >= 11 is 0. The van der Waals surface area contributed by atoms with Gasteiger partial charge in [0.15, 0.2) is 0 Å². The number of nitrogens with one attached hydrogen (secondary N) is 1. The molecule has 1 fully saturated rings. The Kier molecular flexibility index (Phi) is 3.03. The van der Waals surface area contributed by atoms with Crippen LogP contribution in [-0.4, -0.2) is 20.7 Å². The first-order valence-electron chi connectivity index (χ1n) is 6.50. The predicted octanol–water partition coefficient (Wildman–Crippen LogP) is 2.50. The largest absolute Gasteiger partial charge is 0.307 e. The van der Waals surface area contributed by atoms with Crippen LogP contribution in [0.5, 0.6) is 0 Å². The molecule has 5 heteroatoms. The number of hydrogen-bond donors (Lipinski definition) is 1. The van der Waals surface area contributed by atoms with Gasteiger partial charge in [-0.05, 0) is 37.8 Å². The lowest BCUT2D eigenvalue weighted by molar-refractivity contribution is 0.102. The summed E-state index contributed by atoms with van der Waals surface area (Å²) in [7, 11) is 0. The van der Waals surface area contributed by atoms with Gasteiger partial charge in [-0.15, -0.1) is 0 Å². The summed E-state index contributed by atoms with van der Waals surface area (Å²) in [4.78, 5) is 16.0. The zero-order chi connectivity index (χ0) is 13.2. The first-order valence-corrected chi connectivity index (χ1v) is 6.50. The minimum absolute atomic E-state index is 0.155. The highest BCUT2D eigenvalue weighted by Crippen LogP contribution is 2.40. The Labute approximate surface area is 111 Å². The number of aromatic nitrogens is 3. The minimum atomic E-state index is -0.155. The third-order valence-electron chi connectivity index (χ3n) is 3.53. The summed E-state index contributed by atoms with van der Waals surface area (Å²) in [6.45, 7) is 2.14. The van der Waals surface area contributed by atoms with Gasteiger partial charge in [0.25, 0.3) is 5.91 Å². The van der Waals surface area contributed by atoms with Gasteiger partial charge in [-0.2, -0.15) is 5.10 Å². The topological polar surface area (TPSA) is 59.8 Å². The molecule has 98 valence electrons. The second kappa shape index (κ2) is 4.84. The number of nitrogens with zero attached hydrogens (tertiary/aromatic N) is 3. The molecule has 5 nitrogen and oxygen atoms in total. The molecular weight excluding hydrogens is 240 g/mol. The summed E-state index contributed by atoms with van der Waals surface area (Å²) in [6, 6.07) is 5.65. The van der Waals surface area contributed by atoms with Crippen molar-refractivity contribution in [3.05, 3.63) is 42.4 Å². The van der Waals surface area contributed by atoms with Crippen LogP contribution >= 0.6 is 0 Å². The van der Waals surface area contributed by atoms with E-state index in [1.807, 2.05) is 10.7 Å². The molecule has 2 aromatic rings. The Hall–Kier alpha value is -2.17. The molecule has 1 saturated carbocycles. The normalized spacial score (nSPS) is 16.1. The second-order valence-corrected chi connectivity index (χ2v) is 4.93. The molecule has 2 aromatic heterocycles. The molecule has 1 aliphatic rings. The van der Waals surface area contributed by atoms with Crippen LogP contribution in [0.1, 0.15) is 36.2 Å². The van der Waals surface area contributed by atoms with E-state index in [-0.39, 0.29) is 5.91 Å². The van der Waals surface area contributed by atoms with Crippen LogP contribution in [0.25, 0.3) is 0 Å². The lowest BCUT2D eigenvalue weighted by Gasteiger charge is -2.15. The molecule has 0 saturated heterocycles. The van der Waals surface area contributed by atoms with Crippen molar-refractivity contribution < 1.29 is 4.79 Å². The molecular formula is C14H16N4O. The predicted molar refractivity (Wildman–Crippen MR) is 71.9 cm³/mol. The molecule has 19 heavy (non-hydrogen) atoms. The van der Waals surface area contributed by atoms with E-state index >= 15 is 0 Å². The molecule has 1 atom stereocenters. The third kappa shape index (κ3) is 2.50. The summed E-state index contributed by atoms with van der Waals surface area (Å²) in [5.41, 5.74) is 0.550. The van der Waals surface area contributed by atoms with E-state index in [0.717, 1.165) is 5.82 Å². The summed E-state index contributed by atoms with van der Waals surface area (Å²) in [5, 5.41) is 7.20. The number of rotatable bonds is 4. The Balaban J connectivity index is 1.77. The Morgan fingerprint density at radius 2 is 2.26 bits per heavy atom. The molecule has 0 aromatic carbocycles. The van der Waals surface area contributed by atoms with Crippen molar-refractivity contribution in [3.8, 4) is 0 Å². The van der Waals surface area contributed by atoms with E-state index in [1.165, 1.54) is 12.8 Å². The average Bonchev–Trinajstić information content (AvgIpc) is 3.19. The van der Waals surface area contributed by atoms with Crippen molar-refractivity contribution in [1.29, 1.82) is 0 Å². The van der Waals surface area contributed by atoms with Crippen molar-refractivity contribution in [2.45, 2.75) is 25.8 Å². The van der Waals surface area contributed by atoms with Crippen molar-refractivity contribution >= 4 is 11.7 Å². The quantitative estimate of drug-likeness (QED) is 0.914. The van der Waals surface area contributed by atoms with Gasteiger partial charge in [0.2, 0.25) is 0 Å². The van der Waals surface area contributed by atoms with E-state index in [0.29, 0.717) is 17.5 Å². The van der Waals surface area contributed by atoms with Crippen molar-refractivity contribution in [3.63, 3.8) is 0 Å². The molecule has 0 radical (unpaired) electrons. The molecule has 0 spiro atoms. The first kappa shape index (κ1) is 11.9. The highest BCUT2D eigenvalue weighted by atomic mass is 16.1. The number of pyridine rings is 1. The standard InChI is InChI=1S/C14H16N4O/c1-10(11-4-5-11)18-13(6-8-16-18)17-14(19)12-3-2-7-15-9-12/h2-3,6-11H,4-5H2,1H3,(H,17,19). The lowest BCUT2D eigenvalue weighted by atomic mass is 10.2. The van der Waals surface area contributed by atoms with Gasteiger partial charge in [0.05, 0.1) is 17.8 Å². The molecule has 0 aliphatic heterocycles. The molecule has 1 unspecified atom stereocenters. The van der Waals surface area contributed by atoms with E-state index < -0.39 is 0 Å².